The lowest BCUT2D eigenvalue weighted by Gasteiger charge is -2.35. The minimum atomic E-state index is 0.927. The van der Waals surface area contributed by atoms with Crippen molar-refractivity contribution in [3.63, 3.8) is 0 Å². The highest BCUT2D eigenvalue weighted by Gasteiger charge is 2.28. The van der Waals surface area contributed by atoms with Crippen molar-refractivity contribution >= 4 is 0 Å². The van der Waals surface area contributed by atoms with Gasteiger partial charge in [0.1, 0.15) is 0 Å². The first-order chi connectivity index (χ1) is 13.3. The summed E-state index contributed by atoms with van der Waals surface area (Å²) in [5.74, 6) is 9.76. The van der Waals surface area contributed by atoms with Crippen molar-refractivity contribution in [3.8, 4) is 11.8 Å². The van der Waals surface area contributed by atoms with Crippen LogP contribution < -0.4 is 0 Å². The van der Waals surface area contributed by atoms with Gasteiger partial charge in [-0.1, -0.05) is 82.4 Å². The molecule has 1 aromatic rings. The zero-order chi connectivity index (χ0) is 18.9. The highest BCUT2D eigenvalue weighted by Crippen LogP contribution is 2.40. The van der Waals surface area contributed by atoms with Crippen LogP contribution in [0.1, 0.15) is 95.6 Å². The lowest BCUT2D eigenvalue weighted by molar-refractivity contribution is 0.186. The van der Waals surface area contributed by atoms with Crippen LogP contribution in [0.15, 0.2) is 35.9 Å². The normalized spacial score (nSPS) is 25.4. The van der Waals surface area contributed by atoms with Crippen molar-refractivity contribution < 1.29 is 0 Å². The molecule has 1 unspecified atom stereocenters. The number of hydrogen-bond acceptors (Lipinski definition) is 0. The van der Waals surface area contributed by atoms with Crippen LogP contribution in [-0.2, 0) is 6.42 Å². The van der Waals surface area contributed by atoms with E-state index in [1.165, 1.54) is 81.8 Å². The fraction of sp³-hybridized carbons (Fsp3) is 0.630. The van der Waals surface area contributed by atoms with E-state index in [9.17, 15) is 0 Å². The Kier molecular flexibility index (Phi) is 8.07. The van der Waals surface area contributed by atoms with Crippen LogP contribution in [0, 0.1) is 29.6 Å². The third-order valence-electron chi connectivity index (χ3n) is 6.96. The molecule has 27 heavy (non-hydrogen) atoms. The molecule has 1 saturated carbocycles. The first kappa shape index (κ1) is 20.3. The average molecular weight is 363 g/mol. The Labute approximate surface area is 167 Å². The molecule has 0 spiro atoms. The van der Waals surface area contributed by atoms with E-state index in [1.54, 1.807) is 0 Å². The van der Waals surface area contributed by atoms with Gasteiger partial charge in [-0.15, -0.1) is 0 Å². The van der Waals surface area contributed by atoms with E-state index in [0.717, 1.165) is 29.7 Å². The van der Waals surface area contributed by atoms with Crippen LogP contribution in [0.25, 0.3) is 0 Å². The van der Waals surface area contributed by atoms with Crippen molar-refractivity contribution in [3.05, 3.63) is 47.0 Å². The van der Waals surface area contributed by atoms with Crippen LogP contribution in [0.3, 0.4) is 0 Å². The quantitative estimate of drug-likeness (QED) is 0.359. The van der Waals surface area contributed by atoms with E-state index in [0.29, 0.717) is 0 Å². The van der Waals surface area contributed by atoms with Gasteiger partial charge in [0.05, 0.1) is 0 Å². The standard InChI is InChI=1S/C27H38/c1-3-5-6-7-23-14-18-26(19-15-23)27-20-16-25(17-21-27)13-12-24-10-8-22(4-2)9-11-24/h8-11,16,23,26-27H,3-7,14-15,17-21H2,1-2H3. The third kappa shape index (κ3) is 6.27. The Hall–Kier alpha value is -1.48. The molecular weight excluding hydrogens is 324 g/mol. The van der Waals surface area contributed by atoms with Crippen LogP contribution in [0.4, 0.5) is 0 Å². The summed E-state index contributed by atoms with van der Waals surface area (Å²) in [6.45, 7) is 4.51. The Morgan fingerprint density at radius 1 is 0.852 bits per heavy atom. The van der Waals surface area contributed by atoms with Gasteiger partial charge < -0.3 is 0 Å². The summed E-state index contributed by atoms with van der Waals surface area (Å²) in [6.07, 6.45) is 19.1. The maximum atomic E-state index is 3.45. The van der Waals surface area contributed by atoms with E-state index in [4.69, 9.17) is 0 Å². The third-order valence-corrected chi connectivity index (χ3v) is 6.96. The van der Waals surface area contributed by atoms with Crippen molar-refractivity contribution in [2.24, 2.45) is 17.8 Å². The Balaban J connectivity index is 1.44. The SMILES string of the molecule is CCCCCC1CCC(C2CC=C(C#Cc3ccc(CC)cc3)CC2)CC1. The van der Waals surface area contributed by atoms with E-state index in [2.05, 4.69) is 56.0 Å². The molecular formula is C27H38. The summed E-state index contributed by atoms with van der Waals surface area (Å²) in [4.78, 5) is 0. The highest BCUT2D eigenvalue weighted by atomic mass is 14.3. The second kappa shape index (κ2) is 10.8. The molecule has 0 radical (unpaired) electrons. The van der Waals surface area contributed by atoms with Crippen molar-refractivity contribution in [1.29, 1.82) is 0 Å². The highest BCUT2D eigenvalue weighted by molar-refractivity contribution is 5.42. The number of hydrogen-bond donors (Lipinski definition) is 0. The van der Waals surface area contributed by atoms with Gasteiger partial charge in [0.2, 0.25) is 0 Å². The summed E-state index contributed by atoms with van der Waals surface area (Å²) in [5, 5.41) is 0. The predicted molar refractivity (Wildman–Crippen MR) is 118 cm³/mol. The molecule has 2 aliphatic rings. The van der Waals surface area contributed by atoms with Gasteiger partial charge in [0, 0.05) is 5.56 Å². The fourth-order valence-corrected chi connectivity index (χ4v) is 5.00. The molecule has 0 bridgehead atoms. The van der Waals surface area contributed by atoms with Gasteiger partial charge in [0.15, 0.2) is 0 Å². The summed E-state index contributed by atoms with van der Waals surface area (Å²) in [5.41, 5.74) is 3.91. The molecule has 146 valence electrons. The number of benzene rings is 1. The van der Waals surface area contributed by atoms with E-state index in [1.807, 2.05) is 0 Å². The molecule has 1 aromatic carbocycles. The monoisotopic (exact) mass is 362 g/mol. The summed E-state index contributed by atoms with van der Waals surface area (Å²) >= 11 is 0. The van der Waals surface area contributed by atoms with Gasteiger partial charge >= 0.3 is 0 Å². The molecule has 2 aliphatic carbocycles. The summed E-state index contributed by atoms with van der Waals surface area (Å²) < 4.78 is 0. The number of rotatable bonds is 6. The lowest BCUT2D eigenvalue weighted by atomic mass is 9.70. The number of aryl methyl sites for hydroxylation is 1. The second-order valence-electron chi connectivity index (χ2n) is 8.84. The molecule has 0 nitrogen and oxygen atoms in total. The first-order valence-electron chi connectivity index (χ1n) is 11.6. The van der Waals surface area contributed by atoms with Gasteiger partial charge in [-0.05, 0) is 79.5 Å². The van der Waals surface area contributed by atoms with Crippen LogP contribution in [0.5, 0.6) is 0 Å². The topological polar surface area (TPSA) is 0 Å². The van der Waals surface area contributed by atoms with Crippen molar-refractivity contribution in [2.75, 3.05) is 0 Å². The minimum Gasteiger partial charge on any atom is -0.0726 e. The van der Waals surface area contributed by atoms with Crippen molar-refractivity contribution in [1.82, 2.24) is 0 Å². The minimum absolute atomic E-state index is 0.927. The van der Waals surface area contributed by atoms with Crippen LogP contribution >= 0.6 is 0 Å². The molecule has 1 atom stereocenters. The number of unbranched alkanes of at least 4 members (excludes halogenated alkanes) is 2. The maximum Gasteiger partial charge on any atom is 0.0249 e. The van der Waals surface area contributed by atoms with E-state index < -0.39 is 0 Å². The summed E-state index contributed by atoms with van der Waals surface area (Å²) in [6, 6.07) is 8.73. The molecule has 0 N–H and O–H groups in total. The Morgan fingerprint density at radius 3 is 2.26 bits per heavy atom. The predicted octanol–water partition coefficient (Wildman–Crippen LogP) is 7.71. The molecule has 3 rings (SSSR count). The molecule has 0 aliphatic heterocycles. The maximum absolute atomic E-state index is 3.45. The zero-order valence-electron chi connectivity index (χ0n) is 17.6. The molecule has 0 saturated heterocycles. The van der Waals surface area contributed by atoms with Gasteiger partial charge in [-0.25, -0.2) is 0 Å². The lowest BCUT2D eigenvalue weighted by Crippen LogP contribution is -2.23. The first-order valence-corrected chi connectivity index (χ1v) is 11.6. The average Bonchev–Trinajstić information content (AvgIpc) is 2.74. The Bertz CT molecular complexity index is 644. The van der Waals surface area contributed by atoms with E-state index in [-0.39, 0.29) is 0 Å². The van der Waals surface area contributed by atoms with Gasteiger partial charge in [-0.2, -0.15) is 0 Å². The second-order valence-corrected chi connectivity index (χ2v) is 8.84. The van der Waals surface area contributed by atoms with Gasteiger partial charge in [-0.3, -0.25) is 0 Å². The summed E-state index contributed by atoms with van der Waals surface area (Å²) in [7, 11) is 0. The molecule has 0 amide bonds. The van der Waals surface area contributed by atoms with E-state index >= 15 is 0 Å². The van der Waals surface area contributed by atoms with Gasteiger partial charge in [0.25, 0.3) is 0 Å². The molecule has 0 heteroatoms. The van der Waals surface area contributed by atoms with Crippen LogP contribution in [-0.4, -0.2) is 0 Å². The molecule has 0 heterocycles. The smallest absolute Gasteiger partial charge is 0.0249 e. The van der Waals surface area contributed by atoms with Crippen LogP contribution in [0.2, 0.25) is 0 Å². The molecule has 1 fully saturated rings. The fourth-order valence-electron chi connectivity index (χ4n) is 5.00. The Morgan fingerprint density at radius 2 is 1.63 bits per heavy atom. The molecule has 0 aromatic heterocycles. The number of allylic oxidation sites excluding steroid dienone is 2. The van der Waals surface area contributed by atoms with Crippen molar-refractivity contribution in [2.45, 2.75) is 90.9 Å². The zero-order valence-corrected chi connectivity index (χ0v) is 17.6. The largest absolute Gasteiger partial charge is 0.0726 e.